The number of carbonyl (C=O) groups excluding carboxylic acids is 1. The van der Waals surface area contributed by atoms with E-state index in [1.165, 1.54) is 22.6 Å². The van der Waals surface area contributed by atoms with Crippen LogP contribution in [-0.2, 0) is 0 Å². The molecule has 6 nitrogen and oxygen atoms in total. The maximum absolute atomic E-state index is 12.8. The smallest absolute Gasteiger partial charge is 0.273 e. The summed E-state index contributed by atoms with van der Waals surface area (Å²) in [5.74, 6) is -0.0131. The van der Waals surface area contributed by atoms with E-state index in [1.807, 2.05) is 4.90 Å². The van der Waals surface area contributed by atoms with Gasteiger partial charge in [0.25, 0.3) is 5.91 Å². The molecule has 1 aliphatic heterocycles. The summed E-state index contributed by atoms with van der Waals surface area (Å²) in [6, 6.07) is 8.37. The molecular formula is C19H19N5OS. The summed E-state index contributed by atoms with van der Waals surface area (Å²) in [6.45, 7) is 5.18. The first-order valence-corrected chi connectivity index (χ1v) is 9.42. The van der Waals surface area contributed by atoms with Gasteiger partial charge in [0.2, 0.25) is 0 Å². The lowest BCUT2D eigenvalue weighted by molar-refractivity contribution is 0.0742. The van der Waals surface area contributed by atoms with Crippen LogP contribution in [-0.4, -0.2) is 51.9 Å². The van der Waals surface area contributed by atoms with Crippen molar-refractivity contribution in [3.8, 4) is 10.7 Å². The van der Waals surface area contributed by atoms with Crippen LogP contribution >= 0.6 is 11.3 Å². The molecule has 0 atom stereocenters. The number of aryl methyl sites for hydroxylation is 1. The van der Waals surface area contributed by atoms with Gasteiger partial charge in [-0.1, -0.05) is 18.2 Å². The highest BCUT2D eigenvalue weighted by molar-refractivity contribution is 7.13. The van der Waals surface area contributed by atoms with Crippen molar-refractivity contribution < 1.29 is 4.79 Å². The van der Waals surface area contributed by atoms with Crippen molar-refractivity contribution in [2.75, 3.05) is 31.1 Å². The van der Waals surface area contributed by atoms with E-state index in [9.17, 15) is 4.79 Å². The first-order chi connectivity index (χ1) is 12.7. The van der Waals surface area contributed by atoms with Crippen LogP contribution in [0.3, 0.4) is 0 Å². The topological polar surface area (TPSA) is 62.2 Å². The van der Waals surface area contributed by atoms with Gasteiger partial charge in [0.15, 0.2) is 0 Å². The van der Waals surface area contributed by atoms with Gasteiger partial charge < -0.3 is 9.80 Å². The third-order valence-electron chi connectivity index (χ3n) is 4.53. The number of amides is 1. The van der Waals surface area contributed by atoms with E-state index in [0.29, 0.717) is 24.5 Å². The van der Waals surface area contributed by atoms with Crippen LogP contribution in [0.1, 0.15) is 16.1 Å². The molecular weight excluding hydrogens is 346 g/mol. The number of para-hydroxylation sites is 1. The van der Waals surface area contributed by atoms with E-state index in [1.54, 1.807) is 24.0 Å². The minimum absolute atomic E-state index is 0.0131. The predicted molar refractivity (Wildman–Crippen MR) is 102 cm³/mol. The fraction of sp³-hybridized carbons (Fsp3) is 0.263. The summed E-state index contributed by atoms with van der Waals surface area (Å²) in [6.07, 6.45) is 4.91. The van der Waals surface area contributed by atoms with Crippen molar-refractivity contribution in [3.63, 3.8) is 0 Å². The molecule has 1 amide bonds. The van der Waals surface area contributed by atoms with Crippen LogP contribution in [0.5, 0.6) is 0 Å². The normalized spacial score (nSPS) is 14.5. The van der Waals surface area contributed by atoms with E-state index < -0.39 is 0 Å². The van der Waals surface area contributed by atoms with E-state index in [4.69, 9.17) is 0 Å². The van der Waals surface area contributed by atoms with Crippen molar-refractivity contribution in [3.05, 3.63) is 59.5 Å². The minimum atomic E-state index is -0.0131. The molecule has 1 fully saturated rings. The van der Waals surface area contributed by atoms with Crippen LogP contribution in [0.2, 0.25) is 0 Å². The Labute approximate surface area is 156 Å². The lowest BCUT2D eigenvalue weighted by atomic mass is 10.1. The van der Waals surface area contributed by atoms with Crippen LogP contribution in [0, 0.1) is 6.92 Å². The standard InChI is InChI=1S/C19H19N5OS/c1-14-4-2-3-5-17(14)23-8-10-24(11-9-23)19(25)16-13-26-18(22-16)15-12-20-6-7-21-15/h2-7,12-13H,8-11H2,1H3. The van der Waals surface area contributed by atoms with Gasteiger partial charge in [0.1, 0.15) is 16.4 Å². The van der Waals surface area contributed by atoms with Gasteiger partial charge >= 0.3 is 0 Å². The molecule has 4 rings (SSSR count). The molecule has 7 heteroatoms. The van der Waals surface area contributed by atoms with Crippen molar-refractivity contribution in [2.24, 2.45) is 0 Å². The molecule has 0 N–H and O–H groups in total. The minimum Gasteiger partial charge on any atom is -0.368 e. The number of piperazine rings is 1. The molecule has 3 aromatic rings. The largest absolute Gasteiger partial charge is 0.368 e. The molecule has 1 saturated heterocycles. The predicted octanol–water partition coefficient (Wildman–Crippen LogP) is 2.87. The second-order valence-corrected chi connectivity index (χ2v) is 7.05. The monoisotopic (exact) mass is 365 g/mol. The van der Waals surface area contributed by atoms with Crippen molar-refractivity contribution in [2.45, 2.75) is 6.92 Å². The Kier molecular flexibility index (Phi) is 4.62. The van der Waals surface area contributed by atoms with Gasteiger partial charge in [0, 0.05) is 49.6 Å². The number of nitrogens with zero attached hydrogens (tertiary/aromatic N) is 5. The van der Waals surface area contributed by atoms with E-state index >= 15 is 0 Å². The highest BCUT2D eigenvalue weighted by Gasteiger charge is 2.24. The fourth-order valence-electron chi connectivity index (χ4n) is 3.13. The van der Waals surface area contributed by atoms with Gasteiger partial charge in [-0.25, -0.2) is 4.98 Å². The molecule has 0 saturated carbocycles. The number of rotatable bonds is 3. The van der Waals surface area contributed by atoms with Gasteiger partial charge in [-0.2, -0.15) is 0 Å². The Morgan fingerprint density at radius 1 is 1.12 bits per heavy atom. The highest BCUT2D eigenvalue weighted by atomic mass is 32.1. The van der Waals surface area contributed by atoms with Crippen LogP contribution in [0.4, 0.5) is 5.69 Å². The number of hydrogen-bond donors (Lipinski definition) is 0. The van der Waals surface area contributed by atoms with Gasteiger partial charge in [-0.05, 0) is 18.6 Å². The molecule has 1 aliphatic rings. The summed E-state index contributed by atoms with van der Waals surface area (Å²) < 4.78 is 0. The van der Waals surface area contributed by atoms with Crippen LogP contribution < -0.4 is 4.90 Å². The molecule has 1 aromatic carbocycles. The highest BCUT2D eigenvalue weighted by Crippen LogP contribution is 2.23. The number of thiazole rings is 1. The Balaban J connectivity index is 1.43. The summed E-state index contributed by atoms with van der Waals surface area (Å²) in [7, 11) is 0. The molecule has 0 spiro atoms. The summed E-state index contributed by atoms with van der Waals surface area (Å²) in [5, 5.41) is 2.53. The molecule has 2 aromatic heterocycles. The number of carbonyl (C=O) groups is 1. The average molecular weight is 365 g/mol. The van der Waals surface area contributed by atoms with E-state index in [-0.39, 0.29) is 5.91 Å². The number of aromatic nitrogens is 3. The molecule has 0 radical (unpaired) electrons. The third-order valence-corrected chi connectivity index (χ3v) is 5.39. The number of benzene rings is 1. The summed E-state index contributed by atoms with van der Waals surface area (Å²) in [4.78, 5) is 29.7. The zero-order valence-corrected chi connectivity index (χ0v) is 15.3. The lowest BCUT2D eigenvalue weighted by Gasteiger charge is -2.36. The molecule has 3 heterocycles. The Morgan fingerprint density at radius 3 is 2.65 bits per heavy atom. The Bertz CT molecular complexity index is 903. The third kappa shape index (κ3) is 3.30. The molecule has 0 bridgehead atoms. The van der Waals surface area contributed by atoms with Crippen LogP contribution in [0.15, 0.2) is 48.2 Å². The van der Waals surface area contributed by atoms with Gasteiger partial charge in [-0.3, -0.25) is 14.8 Å². The van der Waals surface area contributed by atoms with Gasteiger partial charge in [0.05, 0.1) is 6.20 Å². The molecule has 0 unspecified atom stereocenters. The van der Waals surface area contributed by atoms with Crippen molar-refractivity contribution >= 4 is 22.9 Å². The first-order valence-electron chi connectivity index (χ1n) is 8.54. The van der Waals surface area contributed by atoms with Crippen molar-refractivity contribution in [1.29, 1.82) is 0 Å². The lowest BCUT2D eigenvalue weighted by Crippen LogP contribution is -2.49. The van der Waals surface area contributed by atoms with Gasteiger partial charge in [-0.15, -0.1) is 11.3 Å². The maximum atomic E-state index is 12.8. The maximum Gasteiger partial charge on any atom is 0.273 e. The SMILES string of the molecule is Cc1ccccc1N1CCN(C(=O)c2csc(-c3cnccn3)n2)CC1. The zero-order valence-electron chi connectivity index (χ0n) is 14.5. The second-order valence-electron chi connectivity index (χ2n) is 6.19. The summed E-state index contributed by atoms with van der Waals surface area (Å²) >= 11 is 1.42. The Morgan fingerprint density at radius 2 is 1.92 bits per heavy atom. The van der Waals surface area contributed by atoms with E-state index in [2.05, 4.69) is 51.0 Å². The zero-order chi connectivity index (χ0) is 17.9. The van der Waals surface area contributed by atoms with Crippen molar-refractivity contribution in [1.82, 2.24) is 19.9 Å². The first kappa shape index (κ1) is 16.7. The quantitative estimate of drug-likeness (QED) is 0.714. The number of anilines is 1. The Hall–Kier alpha value is -2.80. The van der Waals surface area contributed by atoms with E-state index in [0.717, 1.165) is 18.1 Å². The fourth-order valence-corrected chi connectivity index (χ4v) is 3.88. The average Bonchev–Trinajstić information content (AvgIpc) is 3.19. The molecule has 26 heavy (non-hydrogen) atoms. The second kappa shape index (κ2) is 7.21. The molecule has 132 valence electrons. The molecule has 0 aliphatic carbocycles. The van der Waals surface area contributed by atoms with Crippen LogP contribution in [0.25, 0.3) is 10.7 Å². The summed E-state index contributed by atoms with van der Waals surface area (Å²) in [5.41, 5.74) is 3.69. The number of hydrogen-bond acceptors (Lipinski definition) is 6.